The summed E-state index contributed by atoms with van der Waals surface area (Å²) in [6, 6.07) is 3.13. The molecule has 112 valence electrons. The maximum atomic E-state index is 13.3. The molecule has 1 aromatic rings. The van der Waals surface area contributed by atoms with Crippen molar-refractivity contribution in [2.24, 2.45) is 5.73 Å². The van der Waals surface area contributed by atoms with Gasteiger partial charge in [0.05, 0.1) is 6.10 Å². The van der Waals surface area contributed by atoms with E-state index >= 15 is 0 Å². The Morgan fingerprint density at radius 1 is 1.40 bits per heavy atom. The summed E-state index contributed by atoms with van der Waals surface area (Å²) in [6.45, 7) is 0.317. The van der Waals surface area contributed by atoms with E-state index in [1.165, 1.54) is 0 Å². The molecule has 7 heteroatoms. The van der Waals surface area contributed by atoms with Crippen molar-refractivity contribution in [1.82, 2.24) is 5.32 Å². The summed E-state index contributed by atoms with van der Waals surface area (Å²) >= 11 is 0. The van der Waals surface area contributed by atoms with Crippen LogP contribution in [-0.4, -0.2) is 24.7 Å². The number of carbonyl (C=O) groups excluding carboxylic acids is 1. The van der Waals surface area contributed by atoms with E-state index in [1.54, 1.807) is 0 Å². The summed E-state index contributed by atoms with van der Waals surface area (Å²) in [6.07, 6.45) is 0.689. The molecular formula is C13H17ClF2N2O2. The van der Waals surface area contributed by atoms with Gasteiger partial charge >= 0.3 is 0 Å². The predicted molar refractivity (Wildman–Crippen MR) is 72.4 cm³/mol. The SMILES string of the molecule is Cl.NC[C@H]1CC[C@@H](C(=O)NCc2cc(F)ccc2F)O1. The molecule has 0 aromatic heterocycles. The van der Waals surface area contributed by atoms with Gasteiger partial charge in [0, 0.05) is 18.7 Å². The summed E-state index contributed by atoms with van der Waals surface area (Å²) in [5, 5.41) is 2.54. The van der Waals surface area contributed by atoms with Crippen LogP contribution in [0.3, 0.4) is 0 Å². The molecule has 0 aliphatic carbocycles. The number of rotatable bonds is 4. The third kappa shape index (κ3) is 4.13. The number of carbonyl (C=O) groups is 1. The molecule has 2 rings (SSSR count). The molecule has 1 aliphatic rings. The molecular weight excluding hydrogens is 290 g/mol. The Balaban J connectivity index is 0.00000200. The smallest absolute Gasteiger partial charge is 0.249 e. The molecule has 0 spiro atoms. The highest BCUT2D eigenvalue weighted by atomic mass is 35.5. The van der Waals surface area contributed by atoms with Crippen LogP contribution >= 0.6 is 12.4 Å². The summed E-state index contributed by atoms with van der Waals surface area (Å²) in [7, 11) is 0. The van der Waals surface area contributed by atoms with Crippen LogP contribution in [-0.2, 0) is 16.1 Å². The molecule has 0 unspecified atom stereocenters. The highest BCUT2D eigenvalue weighted by Gasteiger charge is 2.29. The Hall–Kier alpha value is -1.24. The van der Waals surface area contributed by atoms with E-state index < -0.39 is 17.7 Å². The van der Waals surface area contributed by atoms with Gasteiger partial charge in [-0.15, -0.1) is 12.4 Å². The molecule has 1 saturated heterocycles. The van der Waals surface area contributed by atoms with Crippen LogP contribution in [0, 0.1) is 11.6 Å². The molecule has 1 fully saturated rings. The van der Waals surface area contributed by atoms with Gasteiger partial charge in [-0.05, 0) is 31.0 Å². The average molecular weight is 307 g/mol. The zero-order valence-electron chi connectivity index (χ0n) is 10.8. The first-order valence-corrected chi connectivity index (χ1v) is 6.17. The average Bonchev–Trinajstić information content (AvgIpc) is 2.88. The van der Waals surface area contributed by atoms with E-state index in [0.717, 1.165) is 24.6 Å². The molecule has 0 saturated carbocycles. The molecule has 1 aromatic carbocycles. The monoisotopic (exact) mass is 306 g/mol. The second-order valence-electron chi connectivity index (χ2n) is 4.51. The lowest BCUT2D eigenvalue weighted by Gasteiger charge is -2.13. The van der Waals surface area contributed by atoms with Gasteiger partial charge < -0.3 is 15.8 Å². The first kappa shape index (κ1) is 16.8. The fraction of sp³-hybridized carbons (Fsp3) is 0.462. The number of ether oxygens (including phenoxy) is 1. The van der Waals surface area contributed by atoms with Crippen LogP contribution in [0.5, 0.6) is 0 Å². The van der Waals surface area contributed by atoms with E-state index in [-0.39, 0.29) is 36.5 Å². The fourth-order valence-corrected chi connectivity index (χ4v) is 2.05. The Kier molecular flexibility index (Phi) is 6.32. The van der Waals surface area contributed by atoms with Gasteiger partial charge in [-0.1, -0.05) is 0 Å². The molecule has 0 bridgehead atoms. The predicted octanol–water partition coefficient (Wildman–Crippen LogP) is 1.51. The highest BCUT2D eigenvalue weighted by Crippen LogP contribution is 2.19. The Labute approximate surface area is 122 Å². The van der Waals surface area contributed by atoms with E-state index in [0.29, 0.717) is 13.0 Å². The maximum absolute atomic E-state index is 13.3. The summed E-state index contributed by atoms with van der Waals surface area (Å²) in [5.74, 6) is -1.40. The molecule has 2 atom stereocenters. The number of nitrogens with one attached hydrogen (secondary N) is 1. The summed E-state index contributed by atoms with van der Waals surface area (Å²) in [4.78, 5) is 11.8. The Morgan fingerprint density at radius 3 is 2.80 bits per heavy atom. The quantitative estimate of drug-likeness (QED) is 0.886. The van der Waals surface area contributed by atoms with Crippen LogP contribution in [0.2, 0.25) is 0 Å². The normalized spacial score (nSPS) is 21.4. The van der Waals surface area contributed by atoms with Gasteiger partial charge in [0.25, 0.3) is 0 Å². The Bertz CT molecular complexity index is 474. The van der Waals surface area contributed by atoms with E-state index in [1.807, 2.05) is 0 Å². The number of hydrogen-bond acceptors (Lipinski definition) is 3. The molecule has 1 heterocycles. The van der Waals surface area contributed by atoms with Crippen molar-refractivity contribution in [3.05, 3.63) is 35.4 Å². The molecule has 4 nitrogen and oxygen atoms in total. The standard InChI is InChI=1S/C13H16F2N2O2.ClH/c14-9-1-3-11(15)8(5-9)7-17-13(18)12-4-2-10(6-16)19-12;/h1,3,5,10,12H,2,4,6-7,16H2,(H,17,18);1H/t10-,12+;/m1./s1. The van der Waals surface area contributed by atoms with E-state index in [2.05, 4.69) is 5.32 Å². The number of benzene rings is 1. The molecule has 0 radical (unpaired) electrons. The first-order valence-electron chi connectivity index (χ1n) is 6.17. The van der Waals surface area contributed by atoms with Crippen molar-refractivity contribution in [3.63, 3.8) is 0 Å². The second kappa shape index (κ2) is 7.52. The van der Waals surface area contributed by atoms with Gasteiger partial charge in [0.1, 0.15) is 17.7 Å². The molecule has 20 heavy (non-hydrogen) atoms. The summed E-state index contributed by atoms with van der Waals surface area (Å²) in [5.41, 5.74) is 5.56. The van der Waals surface area contributed by atoms with Gasteiger partial charge in [0.15, 0.2) is 0 Å². The third-order valence-corrected chi connectivity index (χ3v) is 3.12. The van der Waals surface area contributed by atoms with E-state index in [9.17, 15) is 13.6 Å². The Morgan fingerprint density at radius 2 is 2.15 bits per heavy atom. The molecule has 1 aliphatic heterocycles. The van der Waals surface area contributed by atoms with Gasteiger partial charge in [-0.25, -0.2) is 8.78 Å². The van der Waals surface area contributed by atoms with Gasteiger partial charge in [-0.3, -0.25) is 4.79 Å². The van der Waals surface area contributed by atoms with Crippen molar-refractivity contribution in [2.45, 2.75) is 31.6 Å². The topological polar surface area (TPSA) is 64.4 Å². The minimum Gasteiger partial charge on any atom is -0.364 e. The largest absolute Gasteiger partial charge is 0.364 e. The highest BCUT2D eigenvalue weighted by molar-refractivity contribution is 5.85. The minimum atomic E-state index is -0.551. The third-order valence-electron chi connectivity index (χ3n) is 3.12. The van der Waals surface area contributed by atoms with Gasteiger partial charge in [0.2, 0.25) is 5.91 Å². The zero-order chi connectivity index (χ0) is 13.8. The van der Waals surface area contributed by atoms with Crippen LogP contribution in [0.25, 0.3) is 0 Å². The van der Waals surface area contributed by atoms with Crippen molar-refractivity contribution < 1.29 is 18.3 Å². The number of nitrogens with two attached hydrogens (primary N) is 1. The van der Waals surface area contributed by atoms with Crippen molar-refractivity contribution >= 4 is 18.3 Å². The van der Waals surface area contributed by atoms with Crippen LogP contribution in [0.4, 0.5) is 8.78 Å². The summed E-state index contributed by atoms with van der Waals surface area (Å²) < 4.78 is 31.7. The molecule has 1 amide bonds. The number of amides is 1. The van der Waals surface area contributed by atoms with Crippen LogP contribution in [0.1, 0.15) is 18.4 Å². The molecule has 3 N–H and O–H groups in total. The lowest BCUT2D eigenvalue weighted by Crippen LogP contribution is -2.35. The van der Waals surface area contributed by atoms with Crippen LogP contribution < -0.4 is 11.1 Å². The second-order valence-corrected chi connectivity index (χ2v) is 4.51. The maximum Gasteiger partial charge on any atom is 0.249 e. The van der Waals surface area contributed by atoms with Crippen molar-refractivity contribution in [1.29, 1.82) is 0 Å². The van der Waals surface area contributed by atoms with Crippen molar-refractivity contribution in [3.8, 4) is 0 Å². The lowest BCUT2D eigenvalue weighted by molar-refractivity contribution is -0.132. The number of hydrogen-bond donors (Lipinski definition) is 2. The fourth-order valence-electron chi connectivity index (χ4n) is 2.05. The number of halogens is 3. The van der Waals surface area contributed by atoms with Crippen molar-refractivity contribution in [2.75, 3.05) is 6.54 Å². The van der Waals surface area contributed by atoms with Crippen LogP contribution in [0.15, 0.2) is 18.2 Å². The minimum absolute atomic E-state index is 0. The first-order chi connectivity index (χ1) is 9.10. The van der Waals surface area contributed by atoms with Gasteiger partial charge in [-0.2, -0.15) is 0 Å². The van der Waals surface area contributed by atoms with E-state index in [4.69, 9.17) is 10.5 Å². The zero-order valence-corrected chi connectivity index (χ0v) is 11.6. The lowest BCUT2D eigenvalue weighted by atomic mass is 10.1.